The maximum absolute atomic E-state index is 12.6. The second-order valence-electron chi connectivity index (χ2n) is 5.92. The zero-order chi connectivity index (χ0) is 17.4. The Morgan fingerprint density at radius 3 is 2.60 bits per heavy atom. The summed E-state index contributed by atoms with van der Waals surface area (Å²) in [6.07, 6.45) is 3.41. The minimum atomic E-state index is -0.360. The number of likely N-dealkylation sites (tertiary alicyclic amines) is 1. The number of carbonyl (C=O) groups is 1. The molecule has 0 atom stereocenters. The topological polar surface area (TPSA) is 85.9 Å². The lowest BCUT2D eigenvalue weighted by Gasteiger charge is -2.15. The smallest absolute Gasteiger partial charge is 0.284 e. The number of halogens is 1. The quantitative estimate of drug-likeness (QED) is 0.659. The molecule has 0 N–H and O–H groups in total. The number of hydrogen-bond donors (Lipinski definition) is 0. The molecule has 8 nitrogen and oxygen atoms in total. The van der Waals surface area contributed by atoms with Crippen LogP contribution >= 0.6 is 15.9 Å². The van der Waals surface area contributed by atoms with Crippen molar-refractivity contribution in [3.05, 3.63) is 45.4 Å². The van der Waals surface area contributed by atoms with Gasteiger partial charge in [0, 0.05) is 17.6 Å². The molecule has 1 fully saturated rings. The highest BCUT2D eigenvalue weighted by Gasteiger charge is 2.20. The Kier molecular flexibility index (Phi) is 4.08. The third kappa shape index (κ3) is 2.95. The minimum Gasteiger partial charge on any atom is -0.341 e. The highest BCUT2D eigenvalue weighted by Crippen LogP contribution is 2.16. The Morgan fingerprint density at radius 1 is 1.16 bits per heavy atom. The summed E-state index contributed by atoms with van der Waals surface area (Å²) in [7, 11) is 0. The van der Waals surface area contributed by atoms with Gasteiger partial charge in [-0.2, -0.15) is 4.68 Å². The molecule has 3 heterocycles. The molecule has 1 amide bonds. The SMILES string of the molecule is O=C(Cn1cnc2c(nnn2-c2ccc(Br)cc2)c1=O)N1CCCC1. The van der Waals surface area contributed by atoms with Crippen molar-refractivity contribution in [2.75, 3.05) is 13.1 Å². The molecule has 9 heteroatoms. The van der Waals surface area contributed by atoms with Gasteiger partial charge in [-0.1, -0.05) is 21.1 Å². The van der Waals surface area contributed by atoms with Crippen LogP contribution in [0.4, 0.5) is 0 Å². The third-order valence-corrected chi connectivity index (χ3v) is 4.79. The van der Waals surface area contributed by atoms with Gasteiger partial charge in [-0.05, 0) is 37.1 Å². The van der Waals surface area contributed by atoms with E-state index in [0.29, 0.717) is 5.65 Å². The van der Waals surface area contributed by atoms with Crippen molar-refractivity contribution in [2.45, 2.75) is 19.4 Å². The first kappa shape index (κ1) is 15.9. The summed E-state index contributed by atoms with van der Waals surface area (Å²) < 4.78 is 3.75. The molecular weight excluding hydrogens is 388 g/mol. The van der Waals surface area contributed by atoms with Crippen LogP contribution in [0.2, 0.25) is 0 Å². The first-order valence-electron chi connectivity index (χ1n) is 7.98. The van der Waals surface area contributed by atoms with Crippen molar-refractivity contribution in [3.8, 4) is 5.69 Å². The standard InChI is InChI=1S/C16H15BrN6O2/c17-11-3-5-12(6-4-11)23-15-14(19-20-23)16(25)22(10-18-15)9-13(24)21-7-1-2-8-21/h3-6,10H,1-2,7-9H2. The summed E-state index contributed by atoms with van der Waals surface area (Å²) in [5, 5.41) is 8.00. The summed E-state index contributed by atoms with van der Waals surface area (Å²) in [5.41, 5.74) is 0.918. The molecule has 0 aliphatic carbocycles. The van der Waals surface area contributed by atoms with Crippen molar-refractivity contribution in [2.24, 2.45) is 0 Å². The fraction of sp³-hybridized carbons (Fsp3) is 0.312. The Balaban J connectivity index is 1.68. The summed E-state index contributed by atoms with van der Waals surface area (Å²) in [5.74, 6) is -0.0685. The third-order valence-electron chi connectivity index (χ3n) is 4.27. The molecule has 0 spiro atoms. The molecule has 0 radical (unpaired) electrons. The monoisotopic (exact) mass is 402 g/mol. The summed E-state index contributed by atoms with van der Waals surface area (Å²) in [6, 6.07) is 7.45. The second kappa shape index (κ2) is 6.40. The Morgan fingerprint density at radius 2 is 1.88 bits per heavy atom. The van der Waals surface area contributed by atoms with Crippen LogP contribution in [0.15, 0.2) is 39.9 Å². The van der Waals surface area contributed by atoms with Crippen LogP contribution in [-0.4, -0.2) is 48.4 Å². The van der Waals surface area contributed by atoms with Crippen LogP contribution in [-0.2, 0) is 11.3 Å². The van der Waals surface area contributed by atoms with Crippen molar-refractivity contribution < 1.29 is 4.79 Å². The molecule has 1 aliphatic rings. The van der Waals surface area contributed by atoms with E-state index in [9.17, 15) is 9.59 Å². The van der Waals surface area contributed by atoms with Gasteiger partial charge in [0.15, 0.2) is 11.2 Å². The fourth-order valence-corrected chi connectivity index (χ4v) is 3.19. The highest BCUT2D eigenvalue weighted by atomic mass is 79.9. The maximum atomic E-state index is 12.6. The van der Waals surface area contributed by atoms with E-state index in [0.717, 1.165) is 36.1 Å². The molecule has 1 aromatic carbocycles. The van der Waals surface area contributed by atoms with Gasteiger partial charge >= 0.3 is 0 Å². The van der Waals surface area contributed by atoms with Gasteiger partial charge in [0.2, 0.25) is 5.91 Å². The second-order valence-corrected chi connectivity index (χ2v) is 6.83. The van der Waals surface area contributed by atoms with Crippen LogP contribution in [0.3, 0.4) is 0 Å². The summed E-state index contributed by atoms with van der Waals surface area (Å²) >= 11 is 3.38. The first-order valence-corrected chi connectivity index (χ1v) is 8.77. The van der Waals surface area contributed by atoms with Gasteiger partial charge < -0.3 is 4.90 Å². The highest BCUT2D eigenvalue weighted by molar-refractivity contribution is 9.10. The van der Waals surface area contributed by atoms with E-state index >= 15 is 0 Å². The van der Waals surface area contributed by atoms with E-state index in [2.05, 4.69) is 31.2 Å². The molecular formula is C16H15BrN6O2. The minimum absolute atomic E-state index is 0.0209. The summed E-state index contributed by atoms with van der Waals surface area (Å²) in [6.45, 7) is 1.49. The molecule has 1 aliphatic heterocycles. The van der Waals surface area contributed by atoms with Gasteiger partial charge in [0.1, 0.15) is 12.9 Å². The fourth-order valence-electron chi connectivity index (χ4n) is 2.93. The van der Waals surface area contributed by atoms with Crippen LogP contribution in [0.1, 0.15) is 12.8 Å². The average molecular weight is 403 g/mol. The van der Waals surface area contributed by atoms with Crippen LogP contribution < -0.4 is 5.56 Å². The average Bonchev–Trinajstić information content (AvgIpc) is 3.28. The number of amides is 1. The number of carbonyl (C=O) groups excluding carboxylic acids is 1. The molecule has 2 aromatic heterocycles. The normalized spacial score (nSPS) is 14.4. The van der Waals surface area contributed by atoms with Gasteiger partial charge in [-0.15, -0.1) is 5.10 Å². The number of fused-ring (bicyclic) bond motifs is 1. The Hall–Kier alpha value is -2.55. The molecule has 0 bridgehead atoms. The number of aromatic nitrogens is 5. The van der Waals surface area contributed by atoms with Crippen LogP contribution in [0.5, 0.6) is 0 Å². The number of benzene rings is 1. The van der Waals surface area contributed by atoms with Gasteiger partial charge in [-0.3, -0.25) is 14.2 Å². The van der Waals surface area contributed by atoms with E-state index < -0.39 is 0 Å². The molecule has 3 aromatic rings. The van der Waals surface area contributed by atoms with Crippen molar-refractivity contribution in [3.63, 3.8) is 0 Å². The van der Waals surface area contributed by atoms with E-state index in [1.165, 1.54) is 15.6 Å². The van der Waals surface area contributed by atoms with Crippen LogP contribution in [0, 0.1) is 0 Å². The van der Waals surface area contributed by atoms with Gasteiger partial charge in [0.05, 0.1) is 5.69 Å². The number of hydrogen-bond acceptors (Lipinski definition) is 5. The lowest BCUT2D eigenvalue weighted by molar-refractivity contribution is -0.130. The number of rotatable bonds is 3. The van der Waals surface area contributed by atoms with Crippen molar-refractivity contribution in [1.82, 2.24) is 29.4 Å². The Bertz CT molecular complexity index is 988. The Labute approximate surface area is 151 Å². The molecule has 4 rings (SSSR count). The van der Waals surface area contributed by atoms with Gasteiger partial charge in [-0.25, -0.2) is 4.98 Å². The lowest BCUT2D eigenvalue weighted by atomic mass is 10.3. The van der Waals surface area contributed by atoms with Crippen LogP contribution in [0.25, 0.3) is 16.9 Å². The zero-order valence-electron chi connectivity index (χ0n) is 13.3. The predicted molar refractivity (Wildman–Crippen MR) is 94.4 cm³/mol. The van der Waals surface area contributed by atoms with E-state index in [-0.39, 0.29) is 23.5 Å². The number of nitrogens with zero attached hydrogens (tertiary/aromatic N) is 6. The van der Waals surface area contributed by atoms with Crippen molar-refractivity contribution >= 4 is 33.0 Å². The lowest BCUT2D eigenvalue weighted by Crippen LogP contribution is -2.34. The van der Waals surface area contributed by atoms with E-state index in [1.807, 2.05) is 24.3 Å². The predicted octanol–water partition coefficient (Wildman–Crippen LogP) is 1.36. The van der Waals surface area contributed by atoms with Crippen molar-refractivity contribution in [1.29, 1.82) is 0 Å². The molecule has 25 heavy (non-hydrogen) atoms. The van der Waals surface area contributed by atoms with Gasteiger partial charge in [0.25, 0.3) is 5.56 Å². The first-order chi connectivity index (χ1) is 12.1. The van der Waals surface area contributed by atoms with E-state index in [1.54, 1.807) is 4.90 Å². The molecule has 0 unspecified atom stereocenters. The largest absolute Gasteiger partial charge is 0.341 e. The molecule has 128 valence electrons. The molecule has 0 saturated carbocycles. The van der Waals surface area contributed by atoms with E-state index in [4.69, 9.17) is 0 Å². The summed E-state index contributed by atoms with van der Waals surface area (Å²) in [4.78, 5) is 30.9. The molecule has 1 saturated heterocycles. The zero-order valence-corrected chi connectivity index (χ0v) is 14.9. The maximum Gasteiger partial charge on any atom is 0.284 e.